The summed E-state index contributed by atoms with van der Waals surface area (Å²) < 4.78 is 15.3. The highest BCUT2D eigenvalue weighted by Crippen LogP contribution is 2.23. The smallest absolute Gasteiger partial charge is 0.123 e. The number of rotatable bonds is 2. The number of aromatic nitrogens is 1. The summed E-state index contributed by atoms with van der Waals surface area (Å²) in [6, 6.07) is 12.1. The van der Waals surface area contributed by atoms with Gasteiger partial charge in [0.1, 0.15) is 5.82 Å². The average Bonchev–Trinajstić information content (AvgIpc) is 2.77. The number of halogens is 2. The van der Waals surface area contributed by atoms with E-state index < -0.39 is 0 Å². The number of benzene rings is 2. The number of fused-ring (bicyclic) bond motifs is 1. The molecule has 0 aliphatic carbocycles. The van der Waals surface area contributed by atoms with Gasteiger partial charge in [0, 0.05) is 23.5 Å². The third kappa shape index (κ3) is 2.29. The monoisotopic (exact) mass is 274 g/mol. The summed E-state index contributed by atoms with van der Waals surface area (Å²) in [6.07, 6.45) is 1.95. The van der Waals surface area contributed by atoms with Crippen molar-refractivity contribution in [3.05, 3.63) is 65.1 Å². The highest BCUT2D eigenvalue weighted by Gasteiger charge is 2.06. The van der Waals surface area contributed by atoms with Crippen LogP contribution in [0.2, 0.25) is 5.02 Å². The zero-order valence-corrected chi connectivity index (χ0v) is 10.9. The minimum absolute atomic E-state index is 0.282. The van der Waals surface area contributed by atoms with Crippen LogP contribution in [-0.4, -0.2) is 4.57 Å². The molecule has 0 unspecified atom stereocenters. The second-order valence-corrected chi connectivity index (χ2v) is 4.90. The van der Waals surface area contributed by atoms with E-state index in [0.29, 0.717) is 17.3 Å². The third-order valence-corrected chi connectivity index (χ3v) is 3.52. The summed E-state index contributed by atoms with van der Waals surface area (Å²) in [7, 11) is 0. The Labute approximate surface area is 115 Å². The molecule has 2 N–H and O–H groups in total. The number of hydrogen-bond donors (Lipinski definition) is 1. The highest BCUT2D eigenvalue weighted by molar-refractivity contribution is 6.31. The number of nitrogens with zero attached hydrogens (tertiary/aromatic N) is 1. The van der Waals surface area contributed by atoms with Crippen LogP contribution in [0.3, 0.4) is 0 Å². The molecular formula is C15H12ClFN2. The maximum atomic E-state index is 13.3. The van der Waals surface area contributed by atoms with Gasteiger partial charge < -0.3 is 10.3 Å². The van der Waals surface area contributed by atoms with Crippen LogP contribution in [0.1, 0.15) is 5.56 Å². The van der Waals surface area contributed by atoms with E-state index in [4.69, 9.17) is 17.3 Å². The topological polar surface area (TPSA) is 30.9 Å². The van der Waals surface area contributed by atoms with Crippen LogP contribution in [0, 0.1) is 5.82 Å². The van der Waals surface area contributed by atoms with Crippen molar-refractivity contribution >= 4 is 28.2 Å². The maximum Gasteiger partial charge on any atom is 0.123 e. The predicted octanol–water partition coefficient (Wildman–Crippen LogP) is 4.06. The van der Waals surface area contributed by atoms with E-state index in [1.807, 2.05) is 35.0 Å². The Kier molecular flexibility index (Phi) is 2.91. The van der Waals surface area contributed by atoms with Gasteiger partial charge in [-0.25, -0.2) is 4.39 Å². The minimum atomic E-state index is -0.282. The van der Waals surface area contributed by atoms with Crippen molar-refractivity contribution in [2.75, 3.05) is 5.73 Å². The SMILES string of the molecule is Nc1ccc2ccn(Cc3cc(F)ccc3Cl)c2c1. The van der Waals surface area contributed by atoms with Crippen LogP contribution in [-0.2, 0) is 6.54 Å². The molecule has 0 spiro atoms. The Morgan fingerprint density at radius 1 is 1.11 bits per heavy atom. The van der Waals surface area contributed by atoms with Crippen LogP contribution in [0.5, 0.6) is 0 Å². The summed E-state index contributed by atoms with van der Waals surface area (Å²) in [5, 5.41) is 1.66. The Hall–Kier alpha value is -2.00. The fourth-order valence-electron chi connectivity index (χ4n) is 2.19. The summed E-state index contributed by atoms with van der Waals surface area (Å²) in [5.41, 5.74) is 8.27. The van der Waals surface area contributed by atoms with Gasteiger partial charge in [-0.1, -0.05) is 17.7 Å². The first-order valence-electron chi connectivity index (χ1n) is 5.92. The van der Waals surface area contributed by atoms with Gasteiger partial charge in [-0.2, -0.15) is 0 Å². The maximum absolute atomic E-state index is 13.3. The van der Waals surface area contributed by atoms with Crippen molar-refractivity contribution in [3.63, 3.8) is 0 Å². The van der Waals surface area contributed by atoms with Crippen molar-refractivity contribution in [2.45, 2.75) is 6.54 Å². The highest BCUT2D eigenvalue weighted by atomic mass is 35.5. The number of nitrogen functional groups attached to an aromatic ring is 1. The van der Waals surface area contributed by atoms with E-state index in [1.54, 1.807) is 6.07 Å². The standard InChI is InChI=1S/C15H12ClFN2/c16-14-4-2-12(17)7-11(14)9-19-6-5-10-1-3-13(18)8-15(10)19/h1-8H,9,18H2. The Morgan fingerprint density at radius 2 is 1.95 bits per heavy atom. The zero-order valence-electron chi connectivity index (χ0n) is 10.1. The van der Waals surface area contributed by atoms with Gasteiger partial charge in [0.2, 0.25) is 0 Å². The normalized spacial score (nSPS) is 11.1. The minimum Gasteiger partial charge on any atom is -0.399 e. The lowest BCUT2D eigenvalue weighted by Crippen LogP contribution is -1.99. The lowest BCUT2D eigenvalue weighted by atomic mass is 10.2. The quantitative estimate of drug-likeness (QED) is 0.702. The van der Waals surface area contributed by atoms with E-state index in [2.05, 4.69) is 0 Å². The van der Waals surface area contributed by atoms with Crippen molar-refractivity contribution in [1.29, 1.82) is 0 Å². The fourth-order valence-corrected chi connectivity index (χ4v) is 2.36. The molecule has 2 aromatic carbocycles. The predicted molar refractivity (Wildman–Crippen MR) is 76.9 cm³/mol. The van der Waals surface area contributed by atoms with E-state index in [0.717, 1.165) is 16.5 Å². The molecule has 0 fully saturated rings. The molecule has 4 heteroatoms. The van der Waals surface area contributed by atoms with Crippen LogP contribution >= 0.6 is 11.6 Å². The molecule has 2 nitrogen and oxygen atoms in total. The van der Waals surface area contributed by atoms with E-state index >= 15 is 0 Å². The van der Waals surface area contributed by atoms with Gasteiger partial charge in [0.25, 0.3) is 0 Å². The molecule has 0 radical (unpaired) electrons. The van der Waals surface area contributed by atoms with Crippen molar-refractivity contribution < 1.29 is 4.39 Å². The second-order valence-electron chi connectivity index (χ2n) is 4.50. The summed E-state index contributed by atoms with van der Waals surface area (Å²) in [4.78, 5) is 0. The first-order valence-corrected chi connectivity index (χ1v) is 6.29. The summed E-state index contributed by atoms with van der Waals surface area (Å²) >= 11 is 6.09. The molecule has 0 aliphatic heterocycles. The van der Waals surface area contributed by atoms with Gasteiger partial charge in [-0.15, -0.1) is 0 Å². The summed E-state index contributed by atoms with van der Waals surface area (Å²) in [5.74, 6) is -0.282. The lowest BCUT2D eigenvalue weighted by molar-refractivity contribution is 0.624. The van der Waals surface area contributed by atoms with Gasteiger partial charge in [-0.3, -0.25) is 0 Å². The molecule has 19 heavy (non-hydrogen) atoms. The molecule has 1 heterocycles. The molecule has 0 atom stereocenters. The molecule has 0 aliphatic rings. The molecule has 3 aromatic rings. The van der Waals surface area contributed by atoms with Crippen LogP contribution < -0.4 is 5.73 Å². The fraction of sp³-hybridized carbons (Fsp3) is 0.0667. The van der Waals surface area contributed by atoms with Crippen molar-refractivity contribution in [1.82, 2.24) is 4.57 Å². The van der Waals surface area contributed by atoms with E-state index in [-0.39, 0.29) is 5.82 Å². The van der Waals surface area contributed by atoms with Gasteiger partial charge in [-0.05, 0) is 47.3 Å². The largest absolute Gasteiger partial charge is 0.399 e. The van der Waals surface area contributed by atoms with Gasteiger partial charge >= 0.3 is 0 Å². The first-order chi connectivity index (χ1) is 9.13. The number of anilines is 1. The Balaban J connectivity index is 2.05. The first kappa shape index (κ1) is 12.1. The molecule has 0 amide bonds. The third-order valence-electron chi connectivity index (χ3n) is 3.15. The molecular weight excluding hydrogens is 263 g/mol. The Morgan fingerprint density at radius 3 is 2.79 bits per heavy atom. The van der Waals surface area contributed by atoms with Crippen LogP contribution in [0.4, 0.5) is 10.1 Å². The molecule has 0 saturated heterocycles. The van der Waals surface area contributed by atoms with Crippen LogP contribution in [0.25, 0.3) is 10.9 Å². The lowest BCUT2D eigenvalue weighted by Gasteiger charge is -2.08. The van der Waals surface area contributed by atoms with Crippen molar-refractivity contribution in [3.8, 4) is 0 Å². The van der Waals surface area contributed by atoms with Gasteiger partial charge in [0.15, 0.2) is 0 Å². The van der Waals surface area contributed by atoms with E-state index in [1.165, 1.54) is 12.1 Å². The average molecular weight is 275 g/mol. The molecule has 96 valence electrons. The van der Waals surface area contributed by atoms with Crippen LogP contribution in [0.15, 0.2) is 48.7 Å². The zero-order chi connectivity index (χ0) is 13.4. The number of hydrogen-bond acceptors (Lipinski definition) is 1. The van der Waals surface area contributed by atoms with E-state index in [9.17, 15) is 4.39 Å². The molecule has 0 bridgehead atoms. The number of nitrogens with two attached hydrogens (primary N) is 1. The van der Waals surface area contributed by atoms with Crippen molar-refractivity contribution in [2.24, 2.45) is 0 Å². The molecule has 3 rings (SSSR count). The second kappa shape index (κ2) is 4.59. The molecule has 0 saturated carbocycles. The molecule has 1 aromatic heterocycles. The summed E-state index contributed by atoms with van der Waals surface area (Å²) in [6.45, 7) is 0.517. The Bertz CT molecular complexity index is 749. The van der Waals surface area contributed by atoms with Gasteiger partial charge in [0.05, 0.1) is 5.52 Å².